The Bertz CT molecular complexity index is 1720. The number of phenolic OH excluding ortho intramolecular Hbond substituents is 2. The zero-order valence-electron chi connectivity index (χ0n) is 23.3. The number of benzene rings is 3. The summed E-state index contributed by atoms with van der Waals surface area (Å²) in [6.07, 6.45) is 0. The minimum Gasteiger partial charge on any atom is -0.508 e. The van der Waals surface area contributed by atoms with E-state index < -0.39 is 80.5 Å². The van der Waals surface area contributed by atoms with E-state index in [0.29, 0.717) is 5.56 Å². The third-order valence-electron chi connectivity index (χ3n) is 7.38. The largest absolute Gasteiger partial charge is 0.508 e. The van der Waals surface area contributed by atoms with Crippen LogP contribution in [0.3, 0.4) is 0 Å². The van der Waals surface area contributed by atoms with Crippen molar-refractivity contribution in [1.29, 1.82) is 0 Å². The molecule has 0 bridgehead atoms. The molecule has 2 aliphatic heterocycles. The predicted octanol–water partition coefficient (Wildman–Crippen LogP) is 1.61. The Balaban J connectivity index is 1.84. The maximum Gasteiger partial charge on any atom is 0.340 e. The van der Waals surface area contributed by atoms with Gasteiger partial charge in [0.25, 0.3) is 0 Å². The lowest BCUT2D eigenvalue weighted by Crippen LogP contribution is -2.39. The van der Waals surface area contributed by atoms with Gasteiger partial charge in [-0.25, -0.2) is 4.79 Å². The molecule has 2 heterocycles. The van der Waals surface area contributed by atoms with Crippen LogP contribution in [0.2, 0.25) is 0 Å². The van der Waals surface area contributed by atoms with Gasteiger partial charge in [-0.3, -0.25) is 29.0 Å². The Hall–Kier alpha value is -5.67. The molecule has 45 heavy (non-hydrogen) atoms. The van der Waals surface area contributed by atoms with Gasteiger partial charge in [-0.2, -0.15) is 0 Å². The topological polar surface area (TPSA) is 232 Å². The van der Waals surface area contributed by atoms with Gasteiger partial charge in [0, 0.05) is 41.9 Å². The first kappa shape index (κ1) is 30.8. The van der Waals surface area contributed by atoms with Gasteiger partial charge in [-0.1, -0.05) is 18.2 Å². The number of rotatable bonds is 12. The molecule has 0 amide bonds. The number of carboxylic acids is 4. The van der Waals surface area contributed by atoms with Crippen molar-refractivity contribution in [2.24, 2.45) is 0 Å². The molecule has 0 aromatic heterocycles. The number of aromatic hydroxyl groups is 2. The highest BCUT2D eigenvalue weighted by atomic mass is 16.6. The van der Waals surface area contributed by atoms with Gasteiger partial charge >= 0.3 is 29.8 Å². The van der Waals surface area contributed by atoms with Crippen molar-refractivity contribution in [1.82, 2.24) is 9.80 Å². The monoisotopic (exact) mass is 622 g/mol. The van der Waals surface area contributed by atoms with Crippen molar-refractivity contribution in [3.05, 3.63) is 81.9 Å². The fourth-order valence-corrected chi connectivity index (χ4v) is 5.85. The van der Waals surface area contributed by atoms with Crippen LogP contribution in [-0.2, 0) is 42.6 Å². The summed E-state index contributed by atoms with van der Waals surface area (Å²) in [6.45, 7) is -4.10. The van der Waals surface area contributed by atoms with Crippen LogP contribution in [0.4, 0.5) is 0 Å². The van der Waals surface area contributed by atoms with Gasteiger partial charge in [0.15, 0.2) is 5.60 Å². The summed E-state index contributed by atoms with van der Waals surface area (Å²) in [5.74, 6) is -7.02. The fraction of sp³-hybridized carbons (Fsp3) is 0.233. The second-order valence-electron chi connectivity index (χ2n) is 10.5. The van der Waals surface area contributed by atoms with Crippen molar-refractivity contribution in [2.45, 2.75) is 18.7 Å². The number of esters is 1. The number of fused-ring (bicyclic) bond motifs is 6. The maximum atomic E-state index is 13.4. The molecular formula is C30H26N2O13. The van der Waals surface area contributed by atoms with Gasteiger partial charge in [-0.15, -0.1) is 0 Å². The van der Waals surface area contributed by atoms with Crippen molar-refractivity contribution in [3.63, 3.8) is 0 Å². The summed E-state index contributed by atoms with van der Waals surface area (Å²) in [6, 6.07) is 11.6. The molecule has 15 nitrogen and oxygen atoms in total. The number of aliphatic carboxylic acids is 4. The second-order valence-corrected chi connectivity index (χ2v) is 10.5. The lowest BCUT2D eigenvalue weighted by atomic mass is 9.74. The van der Waals surface area contributed by atoms with Crippen molar-refractivity contribution < 1.29 is 64.1 Å². The lowest BCUT2D eigenvalue weighted by Gasteiger charge is -2.39. The smallest absolute Gasteiger partial charge is 0.340 e. The normalized spacial score (nSPS) is 16.1. The summed E-state index contributed by atoms with van der Waals surface area (Å²) in [5.41, 5.74) is -1.11. The molecule has 1 unspecified atom stereocenters. The molecule has 0 saturated carbocycles. The molecule has 1 atom stereocenters. The Kier molecular flexibility index (Phi) is 8.06. The fourth-order valence-electron chi connectivity index (χ4n) is 5.85. The van der Waals surface area contributed by atoms with Gasteiger partial charge in [0.05, 0.1) is 37.3 Å². The van der Waals surface area contributed by atoms with E-state index in [1.54, 1.807) is 18.2 Å². The Labute approximate surface area is 253 Å². The summed E-state index contributed by atoms with van der Waals surface area (Å²) in [7, 11) is 0. The quantitative estimate of drug-likeness (QED) is 0.158. The minimum absolute atomic E-state index is 0.0107. The molecule has 3 aromatic carbocycles. The predicted molar refractivity (Wildman–Crippen MR) is 149 cm³/mol. The van der Waals surface area contributed by atoms with Crippen molar-refractivity contribution >= 4 is 29.8 Å². The first-order valence-electron chi connectivity index (χ1n) is 13.3. The van der Waals surface area contributed by atoms with E-state index in [0.717, 1.165) is 15.9 Å². The third kappa shape index (κ3) is 5.81. The van der Waals surface area contributed by atoms with Crippen LogP contribution in [0.25, 0.3) is 0 Å². The first-order valence-corrected chi connectivity index (χ1v) is 13.3. The molecule has 2 aliphatic rings. The molecule has 0 aliphatic carbocycles. The van der Waals surface area contributed by atoms with E-state index in [-0.39, 0.29) is 45.1 Å². The Morgan fingerprint density at radius 2 is 1.24 bits per heavy atom. The maximum absolute atomic E-state index is 13.4. The number of phenols is 2. The summed E-state index contributed by atoms with van der Waals surface area (Å²) in [4.78, 5) is 62.1. The highest BCUT2D eigenvalue weighted by Crippen LogP contribution is 2.59. The molecule has 0 fully saturated rings. The SMILES string of the molecule is O=C(O)CN(CC(=O)O)Cc1c(O)cc2c(c1CN(CC(=O)O)CC(=O)O)C1(OC(=O)c3ccccc31)c1ccc(O)cc1O2. The van der Waals surface area contributed by atoms with Crippen LogP contribution in [0.5, 0.6) is 23.0 Å². The van der Waals surface area contributed by atoms with E-state index in [1.165, 1.54) is 24.3 Å². The molecule has 5 rings (SSSR count). The second kappa shape index (κ2) is 11.8. The van der Waals surface area contributed by atoms with E-state index in [2.05, 4.69) is 0 Å². The molecule has 1 spiro atoms. The van der Waals surface area contributed by atoms with E-state index in [4.69, 9.17) is 9.47 Å². The van der Waals surface area contributed by atoms with E-state index in [1.807, 2.05) is 0 Å². The standard InChI is InChI=1S/C30H26N2O13/c33-15-5-6-20-22(7-15)44-23-8-21(34)17(9-31(11-24(35)36)12-25(37)38)18(10-32(13-26(39)40)14-27(41)42)28(23)30(20)19-4-2-1-3-16(19)29(43)45-30/h1-8,33-34H,9-14H2,(H,35,36)(H,37,38)(H,39,40)(H,41,42). The van der Waals surface area contributed by atoms with Crippen LogP contribution in [0.15, 0.2) is 48.5 Å². The zero-order valence-corrected chi connectivity index (χ0v) is 23.3. The van der Waals surface area contributed by atoms with Crippen LogP contribution >= 0.6 is 0 Å². The van der Waals surface area contributed by atoms with Gasteiger partial charge in [0.1, 0.15) is 23.0 Å². The number of hydrogen-bond acceptors (Lipinski definition) is 11. The number of carbonyl (C=O) groups excluding carboxylic acids is 1. The molecule has 3 aromatic rings. The van der Waals surface area contributed by atoms with E-state index in [9.17, 15) is 54.6 Å². The van der Waals surface area contributed by atoms with Crippen LogP contribution in [-0.4, -0.2) is 96.5 Å². The molecule has 15 heteroatoms. The van der Waals surface area contributed by atoms with Crippen LogP contribution < -0.4 is 4.74 Å². The Morgan fingerprint density at radius 1 is 0.689 bits per heavy atom. The summed E-state index contributed by atoms with van der Waals surface area (Å²) in [5, 5.41) is 59.6. The number of ether oxygens (including phenoxy) is 2. The first-order chi connectivity index (χ1) is 21.3. The minimum atomic E-state index is -1.83. The number of hydrogen-bond donors (Lipinski definition) is 6. The Morgan fingerprint density at radius 3 is 1.82 bits per heavy atom. The molecule has 0 saturated heterocycles. The number of carboxylic acid groups (broad SMARTS) is 4. The average molecular weight is 623 g/mol. The van der Waals surface area contributed by atoms with Crippen molar-refractivity contribution in [3.8, 4) is 23.0 Å². The van der Waals surface area contributed by atoms with Gasteiger partial charge in [0.2, 0.25) is 0 Å². The molecule has 0 radical (unpaired) electrons. The highest BCUT2D eigenvalue weighted by Gasteiger charge is 2.55. The van der Waals surface area contributed by atoms with Crippen molar-refractivity contribution in [2.75, 3.05) is 26.2 Å². The number of nitrogens with zero attached hydrogens (tertiary/aromatic N) is 2. The molecule has 234 valence electrons. The lowest BCUT2D eigenvalue weighted by molar-refractivity contribution is -0.144. The number of carbonyl (C=O) groups is 5. The van der Waals surface area contributed by atoms with Crippen LogP contribution in [0.1, 0.15) is 38.2 Å². The average Bonchev–Trinajstić information content (AvgIpc) is 3.21. The van der Waals surface area contributed by atoms with Gasteiger partial charge < -0.3 is 40.1 Å². The molecular weight excluding hydrogens is 596 g/mol. The van der Waals surface area contributed by atoms with E-state index >= 15 is 0 Å². The zero-order chi connectivity index (χ0) is 32.6. The third-order valence-corrected chi connectivity index (χ3v) is 7.38. The summed E-state index contributed by atoms with van der Waals surface area (Å²) >= 11 is 0. The summed E-state index contributed by atoms with van der Waals surface area (Å²) < 4.78 is 12.2. The van der Waals surface area contributed by atoms with Crippen LogP contribution in [0, 0.1) is 0 Å². The van der Waals surface area contributed by atoms with Gasteiger partial charge in [-0.05, 0) is 23.8 Å². The molecule has 6 N–H and O–H groups in total. The highest BCUT2D eigenvalue weighted by molar-refractivity contribution is 5.97.